The largest absolute Gasteiger partial charge is 0.393 e. The van der Waals surface area contributed by atoms with Crippen LogP contribution >= 0.6 is 0 Å². The predicted molar refractivity (Wildman–Crippen MR) is 120 cm³/mol. The monoisotopic (exact) mass is 404 g/mol. The molecule has 10 atom stereocenters. The Kier molecular flexibility index (Phi) is 6.19. The summed E-state index contributed by atoms with van der Waals surface area (Å²) >= 11 is 0. The Bertz CT molecular complexity index is 573. The van der Waals surface area contributed by atoms with Crippen molar-refractivity contribution >= 4 is 0 Å². The summed E-state index contributed by atoms with van der Waals surface area (Å²) in [5, 5.41) is 20.6. The molecule has 4 aliphatic carbocycles. The summed E-state index contributed by atoms with van der Waals surface area (Å²) in [5.41, 5.74) is 1.02. The Morgan fingerprint density at radius 3 is 2.24 bits per heavy atom. The minimum absolute atomic E-state index is 0.0311. The van der Waals surface area contributed by atoms with Crippen molar-refractivity contribution in [2.45, 2.75) is 117 Å². The van der Waals surface area contributed by atoms with Crippen LogP contribution in [0.2, 0.25) is 0 Å². The molecule has 0 saturated heterocycles. The van der Waals surface area contributed by atoms with E-state index >= 15 is 0 Å². The molecule has 0 aliphatic heterocycles. The maximum absolute atomic E-state index is 10.3. The van der Waals surface area contributed by atoms with Gasteiger partial charge >= 0.3 is 0 Å². The van der Waals surface area contributed by atoms with Crippen molar-refractivity contribution in [3.63, 3.8) is 0 Å². The minimum Gasteiger partial charge on any atom is -0.393 e. The van der Waals surface area contributed by atoms with E-state index in [0.29, 0.717) is 16.7 Å². The number of aliphatic hydroxyl groups is 2. The molecule has 0 heterocycles. The molecule has 0 aromatic rings. The number of hydrogen-bond acceptors (Lipinski definition) is 2. The molecule has 2 N–H and O–H groups in total. The highest BCUT2D eigenvalue weighted by molar-refractivity contribution is 5.09. The quantitative estimate of drug-likeness (QED) is 0.553. The van der Waals surface area contributed by atoms with Gasteiger partial charge in [0.15, 0.2) is 0 Å². The predicted octanol–water partition coefficient (Wildman–Crippen LogP) is 6.44. The molecule has 0 amide bonds. The van der Waals surface area contributed by atoms with Crippen LogP contribution in [0.3, 0.4) is 0 Å². The van der Waals surface area contributed by atoms with E-state index in [2.05, 4.69) is 34.6 Å². The van der Waals surface area contributed by atoms with Crippen LogP contribution in [0.15, 0.2) is 0 Å². The van der Waals surface area contributed by atoms with Gasteiger partial charge in [-0.05, 0) is 123 Å². The van der Waals surface area contributed by atoms with Gasteiger partial charge in [-0.1, -0.05) is 34.6 Å². The van der Waals surface area contributed by atoms with Crippen molar-refractivity contribution in [2.24, 2.45) is 52.3 Å². The molecule has 0 aromatic carbocycles. The molecule has 0 aromatic heterocycles. The van der Waals surface area contributed by atoms with Crippen LogP contribution in [0.25, 0.3) is 0 Å². The molecule has 168 valence electrons. The molecule has 4 fully saturated rings. The van der Waals surface area contributed by atoms with Crippen molar-refractivity contribution in [3.8, 4) is 0 Å². The third-order valence-corrected chi connectivity index (χ3v) is 11.1. The zero-order valence-electron chi connectivity index (χ0n) is 19.9. The van der Waals surface area contributed by atoms with E-state index in [-0.39, 0.29) is 12.2 Å². The first kappa shape index (κ1) is 22.1. The fourth-order valence-corrected chi connectivity index (χ4v) is 9.18. The molecular formula is C27H48O2. The summed E-state index contributed by atoms with van der Waals surface area (Å²) in [5.74, 6) is 5.51. The third kappa shape index (κ3) is 3.73. The first-order valence-corrected chi connectivity index (χ1v) is 13.0. The average Bonchev–Trinajstić information content (AvgIpc) is 3.03. The van der Waals surface area contributed by atoms with E-state index in [4.69, 9.17) is 0 Å². The molecule has 4 aliphatic rings. The summed E-state index contributed by atoms with van der Waals surface area (Å²) in [7, 11) is 0. The molecule has 4 saturated carbocycles. The zero-order chi connectivity index (χ0) is 21.0. The van der Waals surface area contributed by atoms with Gasteiger partial charge in [0.1, 0.15) is 0 Å². The molecule has 0 radical (unpaired) electrons. The van der Waals surface area contributed by atoms with Crippen molar-refractivity contribution < 1.29 is 10.2 Å². The van der Waals surface area contributed by atoms with Gasteiger partial charge < -0.3 is 10.2 Å². The highest BCUT2D eigenvalue weighted by atomic mass is 16.3. The summed E-state index contributed by atoms with van der Waals surface area (Å²) in [6.07, 6.45) is 13.9. The van der Waals surface area contributed by atoms with Crippen LogP contribution in [0.5, 0.6) is 0 Å². The Morgan fingerprint density at radius 1 is 0.828 bits per heavy atom. The molecule has 4 rings (SSSR count). The van der Waals surface area contributed by atoms with Gasteiger partial charge in [-0.3, -0.25) is 0 Å². The second kappa shape index (κ2) is 8.12. The summed E-state index contributed by atoms with van der Waals surface area (Å²) in [4.78, 5) is 0. The second-order valence-corrected chi connectivity index (χ2v) is 12.7. The van der Waals surface area contributed by atoms with Gasteiger partial charge in [-0.15, -0.1) is 0 Å². The Hall–Kier alpha value is -0.0800. The Labute approximate surface area is 180 Å². The first-order chi connectivity index (χ1) is 13.7. The molecule has 2 heteroatoms. The lowest BCUT2D eigenvalue weighted by Crippen LogP contribution is -2.54. The smallest absolute Gasteiger partial charge is 0.0563 e. The SMILES string of the molecule is CC(C)[C@@H](O)CC[C@@H](C)[C@H]1CC[C@H]2[C@@H]3CC[C@@H]4C[C@H](O)CC[C@]4(C)[C@H]3CC[C@]12C. The number of fused-ring (bicyclic) bond motifs is 5. The van der Waals surface area contributed by atoms with Crippen LogP contribution in [0, 0.1) is 52.3 Å². The van der Waals surface area contributed by atoms with Gasteiger partial charge in [0.05, 0.1) is 12.2 Å². The number of rotatable bonds is 5. The molecule has 0 unspecified atom stereocenters. The topological polar surface area (TPSA) is 40.5 Å². The van der Waals surface area contributed by atoms with Crippen LogP contribution < -0.4 is 0 Å². The van der Waals surface area contributed by atoms with E-state index in [9.17, 15) is 10.2 Å². The average molecular weight is 405 g/mol. The normalized spacial score (nSPS) is 49.2. The zero-order valence-corrected chi connectivity index (χ0v) is 19.9. The minimum atomic E-state index is -0.130. The third-order valence-electron chi connectivity index (χ3n) is 11.1. The van der Waals surface area contributed by atoms with Gasteiger partial charge in [0.25, 0.3) is 0 Å². The highest BCUT2D eigenvalue weighted by Crippen LogP contribution is 2.68. The molecular weight excluding hydrogens is 356 g/mol. The number of aliphatic hydroxyl groups excluding tert-OH is 2. The summed E-state index contributed by atoms with van der Waals surface area (Å²) in [6, 6.07) is 0. The fourth-order valence-electron chi connectivity index (χ4n) is 9.18. The van der Waals surface area contributed by atoms with Gasteiger partial charge in [-0.25, -0.2) is 0 Å². The first-order valence-electron chi connectivity index (χ1n) is 13.0. The van der Waals surface area contributed by atoms with Gasteiger partial charge in [0.2, 0.25) is 0 Å². The summed E-state index contributed by atoms with van der Waals surface area (Å²) < 4.78 is 0. The van der Waals surface area contributed by atoms with E-state index in [1.165, 1.54) is 51.4 Å². The Balaban J connectivity index is 1.46. The van der Waals surface area contributed by atoms with Crippen molar-refractivity contribution in [2.75, 3.05) is 0 Å². The van der Waals surface area contributed by atoms with Crippen LogP contribution in [-0.4, -0.2) is 22.4 Å². The Morgan fingerprint density at radius 2 is 1.52 bits per heavy atom. The van der Waals surface area contributed by atoms with E-state index in [1.54, 1.807) is 0 Å². The van der Waals surface area contributed by atoms with Crippen LogP contribution in [-0.2, 0) is 0 Å². The lowest BCUT2D eigenvalue weighted by atomic mass is 9.44. The fraction of sp³-hybridized carbons (Fsp3) is 1.00. The maximum atomic E-state index is 10.3. The van der Waals surface area contributed by atoms with Crippen LogP contribution in [0.4, 0.5) is 0 Å². The summed E-state index contributed by atoms with van der Waals surface area (Å²) in [6.45, 7) is 12.0. The maximum Gasteiger partial charge on any atom is 0.0563 e. The van der Waals surface area contributed by atoms with Crippen molar-refractivity contribution in [1.29, 1.82) is 0 Å². The van der Waals surface area contributed by atoms with Crippen molar-refractivity contribution in [3.05, 3.63) is 0 Å². The highest BCUT2D eigenvalue weighted by Gasteiger charge is 2.60. The molecule has 2 nitrogen and oxygen atoms in total. The van der Waals surface area contributed by atoms with Gasteiger partial charge in [0, 0.05) is 0 Å². The lowest BCUT2D eigenvalue weighted by molar-refractivity contribution is -0.129. The second-order valence-electron chi connectivity index (χ2n) is 12.7. The van der Waals surface area contributed by atoms with Gasteiger partial charge in [-0.2, -0.15) is 0 Å². The molecule has 29 heavy (non-hydrogen) atoms. The standard InChI is InChI=1S/C27H48O2/c1-17(2)25(29)11-6-18(3)22-9-10-23-21-8-7-19-16-20(28)12-14-26(19,4)24(21)13-15-27(22,23)5/h17-25,28-29H,6-16H2,1-5H3/t18-,19-,20-,21+,22-,23+,24+,25+,26+,27-/m1/s1. The molecule has 0 spiro atoms. The lowest BCUT2D eigenvalue weighted by Gasteiger charge is -2.61. The molecule has 0 bridgehead atoms. The van der Waals surface area contributed by atoms with E-state index < -0.39 is 0 Å². The van der Waals surface area contributed by atoms with E-state index in [0.717, 1.165) is 54.8 Å². The number of hydrogen-bond donors (Lipinski definition) is 2. The van der Waals surface area contributed by atoms with Crippen LogP contribution in [0.1, 0.15) is 105 Å². The van der Waals surface area contributed by atoms with Crippen molar-refractivity contribution in [1.82, 2.24) is 0 Å². The van der Waals surface area contributed by atoms with E-state index in [1.807, 2.05) is 0 Å².